The van der Waals surface area contributed by atoms with Crippen molar-refractivity contribution in [2.45, 2.75) is 20.3 Å². The minimum Gasteiger partial charge on any atom is -0.496 e. The van der Waals surface area contributed by atoms with Crippen molar-refractivity contribution in [3.63, 3.8) is 0 Å². The lowest BCUT2D eigenvalue weighted by Crippen LogP contribution is -2.08. The number of hydrogen-bond donors (Lipinski definition) is 1. The van der Waals surface area contributed by atoms with E-state index in [2.05, 4.69) is 51.5 Å². The molecule has 0 bridgehead atoms. The first-order valence-corrected chi connectivity index (χ1v) is 7.35. The summed E-state index contributed by atoms with van der Waals surface area (Å²) in [5.41, 5.74) is 10.0. The van der Waals surface area contributed by atoms with Gasteiger partial charge in [0, 0.05) is 19.0 Å². The molecule has 0 aliphatic rings. The minimum absolute atomic E-state index is 0.584. The summed E-state index contributed by atoms with van der Waals surface area (Å²) in [5, 5.41) is 0. The number of nitrogens with two attached hydrogens (primary N) is 1. The molecule has 0 saturated carbocycles. The summed E-state index contributed by atoms with van der Waals surface area (Å²) in [6, 6.07) is 4.24. The summed E-state index contributed by atoms with van der Waals surface area (Å²) in [7, 11) is 3.71. The van der Waals surface area contributed by atoms with E-state index in [-0.39, 0.29) is 0 Å². The van der Waals surface area contributed by atoms with Crippen LogP contribution in [0.25, 0.3) is 11.3 Å². The minimum atomic E-state index is 0.584. The molecule has 0 unspecified atom stereocenters. The van der Waals surface area contributed by atoms with Crippen LogP contribution in [0.2, 0.25) is 0 Å². The fourth-order valence-corrected chi connectivity index (χ4v) is 3.24. The fraction of sp³-hybridized carbons (Fsp3) is 0.400. The van der Waals surface area contributed by atoms with Crippen LogP contribution in [0.1, 0.15) is 17.0 Å². The largest absolute Gasteiger partial charge is 0.496 e. The van der Waals surface area contributed by atoms with Crippen LogP contribution in [-0.2, 0) is 13.5 Å². The second-order valence-corrected chi connectivity index (χ2v) is 5.68. The van der Waals surface area contributed by atoms with E-state index in [0.717, 1.165) is 39.4 Å². The molecular weight excluding hydrogens is 318 g/mol. The zero-order valence-corrected chi connectivity index (χ0v) is 13.9. The van der Waals surface area contributed by atoms with E-state index in [1.54, 1.807) is 7.11 Å². The second kappa shape index (κ2) is 5.97. The van der Waals surface area contributed by atoms with Gasteiger partial charge in [0.05, 0.1) is 12.8 Å². The highest BCUT2D eigenvalue weighted by Crippen LogP contribution is 2.38. The van der Waals surface area contributed by atoms with Gasteiger partial charge in [0.25, 0.3) is 0 Å². The first-order valence-electron chi connectivity index (χ1n) is 6.56. The maximum atomic E-state index is 5.64. The van der Waals surface area contributed by atoms with Crippen LogP contribution >= 0.6 is 15.9 Å². The van der Waals surface area contributed by atoms with Gasteiger partial charge in [-0.3, -0.25) is 0 Å². The number of ether oxygens (including phenoxy) is 1. The Kier molecular flexibility index (Phi) is 4.50. The van der Waals surface area contributed by atoms with Crippen molar-refractivity contribution in [2.75, 3.05) is 13.7 Å². The number of methoxy groups -OCH3 is 1. The SMILES string of the molecule is COc1c(C)cc(C)cc1-c1c(Br)nc(CCN)n1C. The molecule has 5 heteroatoms. The molecule has 108 valence electrons. The van der Waals surface area contributed by atoms with Crippen molar-refractivity contribution < 1.29 is 4.74 Å². The predicted molar refractivity (Wildman–Crippen MR) is 85.1 cm³/mol. The standard InChI is InChI=1S/C15H20BrN3O/c1-9-7-10(2)14(20-4)11(8-9)13-15(16)18-12(5-6-17)19(13)3/h7-8H,5-6,17H2,1-4H3. The number of rotatable bonds is 4. The number of hydrogen-bond acceptors (Lipinski definition) is 3. The van der Waals surface area contributed by atoms with Crippen LogP contribution in [0.3, 0.4) is 0 Å². The zero-order chi connectivity index (χ0) is 14.9. The highest BCUT2D eigenvalue weighted by atomic mass is 79.9. The first kappa shape index (κ1) is 15.1. The Morgan fingerprint density at radius 1 is 1.35 bits per heavy atom. The Hall–Kier alpha value is -1.33. The maximum Gasteiger partial charge on any atom is 0.132 e. The van der Waals surface area contributed by atoms with E-state index in [1.165, 1.54) is 5.56 Å². The summed E-state index contributed by atoms with van der Waals surface area (Å²) in [6.07, 6.45) is 0.752. The molecule has 20 heavy (non-hydrogen) atoms. The van der Waals surface area contributed by atoms with Crippen LogP contribution < -0.4 is 10.5 Å². The summed E-state index contributed by atoms with van der Waals surface area (Å²) < 4.78 is 8.48. The van der Waals surface area contributed by atoms with Crippen molar-refractivity contribution >= 4 is 15.9 Å². The highest BCUT2D eigenvalue weighted by Gasteiger charge is 2.19. The average Bonchev–Trinajstić information content (AvgIpc) is 2.64. The summed E-state index contributed by atoms with van der Waals surface area (Å²) in [4.78, 5) is 4.56. The second-order valence-electron chi connectivity index (χ2n) is 4.93. The van der Waals surface area contributed by atoms with Crippen molar-refractivity contribution in [1.82, 2.24) is 9.55 Å². The van der Waals surface area contributed by atoms with Crippen LogP contribution in [0.4, 0.5) is 0 Å². The number of aromatic nitrogens is 2. The molecule has 2 N–H and O–H groups in total. The molecule has 0 fully saturated rings. The van der Waals surface area contributed by atoms with Gasteiger partial charge in [0.15, 0.2) is 0 Å². The van der Waals surface area contributed by atoms with Gasteiger partial charge in [0.1, 0.15) is 16.2 Å². The van der Waals surface area contributed by atoms with Crippen LogP contribution in [-0.4, -0.2) is 23.2 Å². The van der Waals surface area contributed by atoms with Gasteiger partial charge in [0.2, 0.25) is 0 Å². The molecule has 0 amide bonds. The molecule has 0 saturated heterocycles. The molecule has 0 atom stereocenters. The fourth-order valence-electron chi connectivity index (χ4n) is 2.55. The molecule has 0 aliphatic carbocycles. The molecule has 4 nitrogen and oxygen atoms in total. The number of halogens is 1. The third-order valence-corrected chi connectivity index (χ3v) is 3.94. The summed E-state index contributed by atoms with van der Waals surface area (Å²) in [5.74, 6) is 1.86. The molecule has 0 spiro atoms. The van der Waals surface area contributed by atoms with Gasteiger partial charge in [-0.25, -0.2) is 4.98 Å². The third kappa shape index (κ3) is 2.60. The Morgan fingerprint density at radius 2 is 2.05 bits per heavy atom. The summed E-state index contributed by atoms with van der Waals surface area (Å²) >= 11 is 3.56. The van der Waals surface area contributed by atoms with E-state index in [0.29, 0.717) is 6.54 Å². The molecule has 2 aromatic rings. The summed E-state index contributed by atoms with van der Waals surface area (Å²) in [6.45, 7) is 4.72. The zero-order valence-electron chi connectivity index (χ0n) is 12.3. The Bertz CT molecular complexity index is 635. The lowest BCUT2D eigenvalue weighted by molar-refractivity contribution is 0.413. The van der Waals surface area contributed by atoms with Gasteiger partial charge in [-0.15, -0.1) is 0 Å². The average molecular weight is 338 g/mol. The smallest absolute Gasteiger partial charge is 0.132 e. The number of imidazole rings is 1. The van der Waals surface area contributed by atoms with E-state index in [4.69, 9.17) is 10.5 Å². The van der Waals surface area contributed by atoms with Gasteiger partial charge in [-0.1, -0.05) is 6.07 Å². The number of nitrogens with zero attached hydrogens (tertiary/aromatic N) is 2. The van der Waals surface area contributed by atoms with Gasteiger partial charge < -0.3 is 15.0 Å². The third-order valence-electron chi connectivity index (χ3n) is 3.39. The molecule has 1 aromatic heterocycles. The molecule has 0 radical (unpaired) electrons. The predicted octanol–water partition coefficient (Wildman–Crippen LogP) is 2.98. The van der Waals surface area contributed by atoms with E-state index < -0.39 is 0 Å². The van der Waals surface area contributed by atoms with Crippen LogP contribution in [0, 0.1) is 13.8 Å². The van der Waals surface area contributed by atoms with E-state index in [9.17, 15) is 0 Å². The van der Waals surface area contributed by atoms with Crippen molar-refractivity contribution in [1.29, 1.82) is 0 Å². The quantitative estimate of drug-likeness (QED) is 0.932. The van der Waals surface area contributed by atoms with Gasteiger partial charge in [-0.2, -0.15) is 0 Å². The molecule has 0 aliphatic heterocycles. The number of aryl methyl sites for hydroxylation is 2. The van der Waals surface area contributed by atoms with E-state index in [1.807, 2.05) is 7.05 Å². The van der Waals surface area contributed by atoms with Gasteiger partial charge in [-0.05, 0) is 53.5 Å². The number of benzene rings is 1. The lowest BCUT2D eigenvalue weighted by atomic mass is 10.0. The van der Waals surface area contributed by atoms with Crippen molar-refractivity contribution in [3.05, 3.63) is 33.7 Å². The van der Waals surface area contributed by atoms with Crippen molar-refractivity contribution in [2.24, 2.45) is 12.8 Å². The van der Waals surface area contributed by atoms with Gasteiger partial charge >= 0.3 is 0 Å². The van der Waals surface area contributed by atoms with E-state index >= 15 is 0 Å². The highest BCUT2D eigenvalue weighted by molar-refractivity contribution is 9.10. The first-order chi connectivity index (χ1) is 9.49. The topological polar surface area (TPSA) is 53.1 Å². The molecule has 1 aromatic carbocycles. The monoisotopic (exact) mass is 337 g/mol. The Labute approximate surface area is 128 Å². The Balaban J connectivity index is 2.68. The molecular formula is C15H20BrN3O. The lowest BCUT2D eigenvalue weighted by Gasteiger charge is -2.14. The normalized spacial score (nSPS) is 10.9. The molecule has 2 rings (SSSR count). The van der Waals surface area contributed by atoms with Crippen LogP contribution in [0.5, 0.6) is 5.75 Å². The Morgan fingerprint density at radius 3 is 2.65 bits per heavy atom. The molecule has 1 heterocycles. The van der Waals surface area contributed by atoms with Crippen LogP contribution in [0.15, 0.2) is 16.7 Å². The van der Waals surface area contributed by atoms with Crippen molar-refractivity contribution in [3.8, 4) is 17.0 Å². The maximum absolute atomic E-state index is 5.64.